The fourth-order valence-electron chi connectivity index (χ4n) is 6.02. The van der Waals surface area contributed by atoms with Gasteiger partial charge >= 0.3 is 0 Å². The number of carbonyl (C=O) groups excluding carboxylic acids is 2. The van der Waals surface area contributed by atoms with Gasteiger partial charge in [0.2, 0.25) is 5.91 Å². The van der Waals surface area contributed by atoms with Crippen LogP contribution in [0.15, 0.2) is 24.3 Å². The van der Waals surface area contributed by atoms with Crippen LogP contribution >= 0.6 is 0 Å². The molecule has 5 rings (SSSR count). The average Bonchev–Trinajstić information content (AvgIpc) is 3.62. The summed E-state index contributed by atoms with van der Waals surface area (Å²) in [6, 6.07) is 8.09. The maximum atomic E-state index is 13.4. The Bertz CT molecular complexity index is 836. The molecular formula is C24H32N2O5. The second-order valence-electron chi connectivity index (χ2n) is 9.37. The monoisotopic (exact) mass is 428 g/mol. The third kappa shape index (κ3) is 3.16. The number of hydrogen-bond acceptors (Lipinski definition) is 5. The number of hydrogen-bond donors (Lipinski definition) is 0. The number of rotatable bonds is 5. The molecule has 1 aromatic rings. The molecule has 0 aromatic heterocycles. The number of amides is 2. The summed E-state index contributed by atoms with van der Waals surface area (Å²) in [5, 5.41) is 0. The van der Waals surface area contributed by atoms with E-state index in [0.717, 1.165) is 49.8 Å². The van der Waals surface area contributed by atoms with Crippen LogP contribution < -0.4 is 4.74 Å². The van der Waals surface area contributed by atoms with E-state index in [-0.39, 0.29) is 34.9 Å². The zero-order valence-corrected chi connectivity index (χ0v) is 18.5. The van der Waals surface area contributed by atoms with Gasteiger partial charge in [-0.25, -0.2) is 0 Å². The second kappa shape index (κ2) is 7.78. The first-order valence-electron chi connectivity index (χ1n) is 11.4. The zero-order chi connectivity index (χ0) is 21.6. The number of likely N-dealkylation sites (tertiary alicyclic amines) is 2. The highest BCUT2D eigenvalue weighted by Crippen LogP contribution is 2.51. The van der Waals surface area contributed by atoms with E-state index in [2.05, 4.69) is 4.90 Å². The molecule has 0 bridgehead atoms. The summed E-state index contributed by atoms with van der Waals surface area (Å²) in [7, 11) is 3.28. The molecule has 1 atom stereocenters. The van der Waals surface area contributed by atoms with Crippen molar-refractivity contribution < 1.29 is 23.8 Å². The van der Waals surface area contributed by atoms with Gasteiger partial charge in [0.15, 0.2) is 6.10 Å². The largest absolute Gasteiger partial charge is 0.497 e. The van der Waals surface area contributed by atoms with Crippen molar-refractivity contribution in [1.82, 2.24) is 9.80 Å². The Morgan fingerprint density at radius 1 is 1.03 bits per heavy atom. The van der Waals surface area contributed by atoms with Crippen LogP contribution in [0.1, 0.15) is 44.1 Å². The van der Waals surface area contributed by atoms with Crippen molar-refractivity contribution in [2.75, 3.05) is 40.5 Å². The minimum atomic E-state index is -0.366. The summed E-state index contributed by atoms with van der Waals surface area (Å²) in [5.41, 5.74) is 0.499. The summed E-state index contributed by atoms with van der Waals surface area (Å²) in [4.78, 5) is 30.4. The molecule has 1 aromatic carbocycles. The van der Waals surface area contributed by atoms with E-state index in [4.69, 9.17) is 14.2 Å². The minimum Gasteiger partial charge on any atom is -0.497 e. The fraction of sp³-hybridized carbons (Fsp3) is 0.667. The lowest BCUT2D eigenvalue weighted by Gasteiger charge is -2.61. The normalized spacial score (nSPS) is 27.2. The lowest BCUT2D eigenvalue weighted by molar-refractivity contribution is -0.213. The molecule has 0 N–H and O–H groups in total. The number of carbonyl (C=O) groups is 2. The van der Waals surface area contributed by atoms with Crippen molar-refractivity contribution in [3.05, 3.63) is 29.8 Å². The van der Waals surface area contributed by atoms with E-state index in [1.807, 2.05) is 29.2 Å². The Kier molecular flexibility index (Phi) is 5.21. The van der Waals surface area contributed by atoms with Crippen LogP contribution in [0, 0.1) is 0 Å². The van der Waals surface area contributed by atoms with Crippen LogP contribution in [-0.2, 0) is 24.5 Å². The molecule has 168 valence electrons. The van der Waals surface area contributed by atoms with Crippen molar-refractivity contribution in [1.29, 1.82) is 0 Å². The summed E-state index contributed by atoms with van der Waals surface area (Å²) in [6.45, 7) is 2.75. The van der Waals surface area contributed by atoms with E-state index < -0.39 is 0 Å². The van der Waals surface area contributed by atoms with Gasteiger partial charge in [-0.1, -0.05) is 12.1 Å². The summed E-state index contributed by atoms with van der Waals surface area (Å²) in [5.74, 6) is 1.15. The van der Waals surface area contributed by atoms with Crippen molar-refractivity contribution in [3.63, 3.8) is 0 Å². The third-order valence-electron chi connectivity index (χ3n) is 7.94. The van der Waals surface area contributed by atoms with Crippen LogP contribution in [-0.4, -0.2) is 79.8 Å². The van der Waals surface area contributed by atoms with E-state index in [9.17, 15) is 9.59 Å². The summed E-state index contributed by atoms with van der Waals surface area (Å²) < 4.78 is 16.4. The van der Waals surface area contributed by atoms with Gasteiger partial charge in [0.25, 0.3) is 5.91 Å². The molecule has 1 spiro atoms. The highest BCUT2D eigenvalue weighted by atomic mass is 16.5. The van der Waals surface area contributed by atoms with E-state index >= 15 is 0 Å². The number of piperidine rings is 1. The van der Waals surface area contributed by atoms with E-state index in [1.54, 1.807) is 14.2 Å². The van der Waals surface area contributed by atoms with Gasteiger partial charge in [-0.2, -0.15) is 0 Å². The van der Waals surface area contributed by atoms with Crippen LogP contribution in [0.4, 0.5) is 0 Å². The van der Waals surface area contributed by atoms with Gasteiger partial charge in [0.05, 0.1) is 18.1 Å². The molecular weight excluding hydrogens is 396 g/mol. The second-order valence-corrected chi connectivity index (χ2v) is 9.37. The maximum Gasteiger partial charge on any atom is 0.254 e. The van der Waals surface area contributed by atoms with Crippen LogP contribution in [0.3, 0.4) is 0 Å². The zero-order valence-electron chi connectivity index (χ0n) is 18.5. The van der Waals surface area contributed by atoms with Crippen LogP contribution in [0.5, 0.6) is 5.75 Å². The maximum absolute atomic E-state index is 13.4. The lowest BCUT2D eigenvalue weighted by Crippen LogP contribution is -2.79. The third-order valence-corrected chi connectivity index (χ3v) is 7.94. The Morgan fingerprint density at radius 2 is 1.68 bits per heavy atom. The highest BCUT2D eigenvalue weighted by Gasteiger charge is 2.63. The average molecular weight is 429 g/mol. The van der Waals surface area contributed by atoms with Gasteiger partial charge in [-0.05, 0) is 56.2 Å². The number of ether oxygens (including phenoxy) is 3. The smallest absolute Gasteiger partial charge is 0.254 e. The first-order valence-corrected chi connectivity index (χ1v) is 11.4. The lowest BCUT2D eigenvalue weighted by atomic mass is 9.72. The Balaban J connectivity index is 1.25. The molecule has 3 aliphatic heterocycles. The minimum absolute atomic E-state index is 0.103. The highest BCUT2D eigenvalue weighted by molar-refractivity contribution is 5.92. The molecule has 1 unspecified atom stereocenters. The van der Waals surface area contributed by atoms with Gasteiger partial charge in [-0.3, -0.25) is 9.59 Å². The Labute approximate surface area is 183 Å². The molecule has 7 nitrogen and oxygen atoms in total. The topological polar surface area (TPSA) is 68.3 Å². The van der Waals surface area contributed by atoms with Gasteiger partial charge in [-0.15, -0.1) is 0 Å². The summed E-state index contributed by atoms with van der Waals surface area (Å²) in [6.07, 6.45) is 4.78. The molecule has 3 saturated heterocycles. The standard InChI is InChI=1S/C24H32N2O5/c1-29-19-5-3-17(4-6-19)23(9-10-23)22(28)25-13-7-18(8-14-25)26-21(27)20(30-2)24(26)11-15-31-16-12-24/h3-6,18,20H,7-16H2,1-2H3. The molecule has 4 aliphatic rings. The molecule has 3 heterocycles. The van der Waals surface area contributed by atoms with Crippen molar-refractivity contribution in [3.8, 4) is 5.75 Å². The molecule has 2 amide bonds. The quantitative estimate of drug-likeness (QED) is 0.672. The number of β-lactam (4-membered cyclic amide) rings is 1. The fourth-order valence-corrected chi connectivity index (χ4v) is 6.02. The number of methoxy groups -OCH3 is 2. The molecule has 4 fully saturated rings. The van der Waals surface area contributed by atoms with Gasteiger partial charge in [0.1, 0.15) is 5.75 Å². The predicted octanol–water partition coefficient (Wildman–Crippen LogP) is 2.12. The van der Waals surface area contributed by atoms with Crippen LogP contribution in [0.2, 0.25) is 0 Å². The molecule has 31 heavy (non-hydrogen) atoms. The Morgan fingerprint density at radius 3 is 2.23 bits per heavy atom. The van der Waals surface area contributed by atoms with E-state index in [1.165, 1.54) is 0 Å². The number of benzene rings is 1. The van der Waals surface area contributed by atoms with Crippen LogP contribution in [0.25, 0.3) is 0 Å². The van der Waals surface area contributed by atoms with Gasteiger partial charge < -0.3 is 24.0 Å². The van der Waals surface area contributed by atoms with Gasteiger partial charge in [0, 0.05) is 39.5 Å². The first kappa shape index (κ1) is 20.8. The molecule has 7 heteroatoms. The molecule has 0 radical (unpaired) electrons. The predicted molar refractivity (Wildman–Crippen MR) is 114 cm³/mol. The van der Waals surface area contributed by atoms with Crippen molar-refractivity contribution >= 4 is 11.8 Å². The Hall–Kier alpha value is -2.12. The number of nitrogens with zero attached hydrogens (tertiary/aromatic N) is 2. The molecule has 1 aliphatic carbocycles. The van der Waals surface area contributed by atoms with Crippen molar-refractivity contribution in [2.24, 2.45) is 0 Å². The first-order chi connectivity index (χ1) is 15.1. The summed E-state index contributed by atoms with van der Waals surface area (Å²) >= 11 is 0. The molecule has 1 saturated carbocycles. The SMILES string of the molecule is COc1ccc(C2(C(=O)N3CCC(N4C(=O)C(OC)C45CCOCC5)CC3)CC2)cc1. The van der Waals surface area contributed by atoms with E-state index in [0.29, 0.717) is 26.3 Å². The van der Waals surface area contributed by atoms with Crippen molar-refractivity contribution in [2.45, 2.75) is 61.6 Å².